The summed E-state index contributed by atoms with van der Waals surface area (Å²) in [6.07, 6.45) is 3.25. The highest BCUT2D eigenvalue weighted by atomic mass is 16.3. The predicted molar refractivity (Wildman–Crippen MR) is 47.0 cm³/mol. The van der Waals surface area contributed by atoms with Crippen molar-refractivity contribution in [3.8, 4) is 5.75 Å². The number of nitrogens with zero attached hydrogens (tertiary/aromatic N) is 2. The van der Waals surface area contributed by atoms with Crippen molar-refractivity contribution in [2.24, 2.45) is 0 Å². The van der Waals surface area contributed by atoms with Crippen molar-refractivity contribution in [1.29, 1.82) is 0 Å². The molecule has 1 N–H and O–H groups in total. The first-order chi connectivity index (χ1) is 6.09. The third-order valence-corrected chi connectivity index (χ3v) is 1.66. The number of carbonyl (C=O) groups excluding carboxylic acids is 1. The number of pyridine rings is 1. The van der Waals surface area contributed by atoms with E-state index in [9.17, 15) is 4.79 Å². The first-order valence-electron chi connectivity index (χ1n) is 3.98. The van der Waals surface area contributed by atoms with Crippen LogP contribution in [0, 0.1) is 0 Å². The summed E-state index contributed by atoms with van der Waals surface area (Å²) in [5, 5.41) is 9.12. The maximum atomic E-state index is 11.2. The number of aromatic nitrogens is 1. The molecule has 0 aliphatic carbocycles. The van der Waals surface area contributed by atoms with Crippen molar-refractivity contribution in [2.45, 2.75) is 6.54 Å². The molecule has 1 aromatic heterocycles. The third kappa shape index (κ3) is 2.74. The molecule has 0 atom stereocenters. The van der Waals surface area contributed by atoms with Gasteiger partial charge in [0.25, 0.3) is 5.91 Å². The summed E-state index contributed by atoms with van der Waals surface area (Å²) in [6, 6.07) is 3.26. The van der Waals surface area contributed by atoms with Crippen LogP contribution in [0.25, 0.3) is 0 Å². The lowest BCUT2D eigenvalue weighted by atomic mass is 10.4. The molecule has 4 nitrogen and oxygen atoms in total. The van der Waals surface area contributed by atoms with Crippen LogP contribution in [-0.2, 0) is 11.3 Å². The molecule has 0 aliphatic rings. The van der Waals surface area contributed by atoms with Gasteiger partial charge in [0.15, 0.2) is 11.9 Å². The van der Waals surface area contributed by atoms with E-state index in [0.29, 0.717) is 0 Å². The van der Waals surface area contributed by atoms with E-state index in [2.05, 4.69) is 0 Å². The maximum absolute atomic E-state index is 11.2. The van der Waals surface area contributed by atoms with Gasteiger partial charge in [-0.15, -0.1) is 0 Å². The fraction of sp³-hybridized carbons (Fsp3) is 0.333. The quantitative estimate of drug-likeness (QED) is 0.640. The van der Waals surface area contributed by atoms with E-state index in [1.54, 1.807) is 37.0 Å². The number of rotatable bonds is 2. The second-order valence-electron chi connectivity index (χ2n) is 3.02. The van der Waals surface area contributed by atoms with E-state index in [1.165, 1.54) is 11.1 Å². The number of likely N-dealkylation sites (N-methyl/N-ethyl adjacent to an activating group) is 1. The molecular formula is C9H13N2O2+. The zero-order valence-electron chi connectivity index (χ0n) is 7.77. The Morgan fingerprint density at radius 1 is 1.62 bits per heavy atom. The molecule has 0 aliphatic heterocycles. The zero-order chi connectivity index (χ0) is 9.84. The number of amides is 1. The van der Waals surface area contributed by atoms with Gasteiger partial charge in [0.2, 0.25) is 12.7 Å². The fourth-order valence-electron chi connectivity index (χ4n) is 0.904. The second kappa shape index (κ2) is 3.89. The molecular weight excluding hydrogens is 168 g/mol. The summed E-state index contributed by atoms with van der Waals surface area (Å²) in [6.45, 7) is 0.251. The maximum Gasteiger partial charge on any atom is 0.288 e. The van der Waals surface area contributed by atoms with Gasteiger partial charge in [-0.25, -0.2) is 0 Å². The van der Waals surface area contributed by atoms with Crippen molar-refractivity contribution in [2.75, 3.05) is 14.1 Å². The Morgan fingerprint density at radius 3 is 2.85 bits per heavy atom. The second-order valence-corrected chi connectivity index (χ2v) is 3.02. The van der Waals surface area contributed by atoms with E-state index >= 15 is 0 Å². The highest BCUT2D eigenvalue weighted by Crippen LogP contribution is 1.99. The number of hydrogen-bond acceptors (Lipinski definition) is 2. The standard InChI is InChI=1S/C9H12N2O2/c1-10(2)9(13)7-11-5-3-4-8(12)6-11/h3-6H,7H2,1-2H3/p+1. The van der Waals surface area contributed by atoms with E-state index in [1.807, 2.05) is 0 Å². The molecule has 0 spiro atoms. The molecule has 13 heavy (non-hydrogen) atoms. The Kier molecular flexibility index (Phi) is 2.84. The van der Waals surface area contributed by atoms with Crippen molar-refractivity contribution >= 4 is 5.91 Å². The van der Waals surface area contributed by atoms with Gasteiger partial charge in [-0.2, -0.15) is 4.57 Å². The summed E-state index contributed by atoms with van der Waals surface area (Å²) in [7, 11) is 3.40. The Morgan fingerprint density at radius 2 is 2.31 bits per heavy atom. The molecule has 0 fully saturated rings. The molecule has 70 valence electrons. The minimum atomic E-state index is -0.00407. The Balaban J connectivity index is 2.69. The normalized spacial score (nSPS) is 9.69. The van der Waals surface area contributed by atoms with E-state index < -0.39 is 0 Å². The minimum Gasteiger partial charge on any atom is -0.503 e. The number of hydrogen-bond donors (Lipinski definition) is 1. The number of aromatic hydroxyl groups is 1. The van der Waals surface area contributed by atoms with Gasteiger partial charge in [0, 0.05) is 20.2 Å². The van der Waals surface area contributed by atoms with Gasteiger partial charge >= 0.3 is 0 Å². The van der Waals surface area contributed by atoms with Crippen LogP contribution in [-0.4, -0.2) is 30.0 Å². The van der Waals surface area contributed by atoms with Gasteiger partial charge in [-0.05, 0) is 6.07 Å². The van der Waals surface area contributed by atoms with Gasteiger partial charge in [0.1, 0.15) is 0 Å². The molecule has 0 saturated heterocycles. The van der Waals surface area contributed by atoms with Gasteiger partial charge in [-0.3, -0.25) is 4.79 Å². The Hall–Kier alpha value is -1.58. The summed E-state index contributed by atoms with van der Waals surface area (Å²) in [5.41, 5.74) is 0. The highest BCUT2D eigenvalue weighted by molar-refractivity contribution is 5.73. The molecule has 0 bridgehead atoms. The lowest BCUT2D eigenvalue weighted by molar-refractivity contribution is -0.685. The summed E-state index contributed by atoms with van der Waals surface area (Å²) in [4.78, 5) is 12.8. The van der Waals surface area contributed by atoms with Gasteiger partial charge < -0.3 is 10.0 Å². The molecule has 0 unspecified atom stereocenters. The average Bonchev–Trinajstić information content (AvgIpc) is 2.04. The van der Waals surface area contributed by atoms with Crippen molar-refractivity contribution < 1.29 is 14.5 Å². The highest BCUT2D eigenvalue weighted by Gasteiger charge is 2.10. The summed E-state index contributed by atoms with van der Waals surface area (Å²) < 4.78 is 1.64. The van der Waals surface area contributed by atoms with Crippen molar-refractivity contribution in [3.05, 3.63) is 24.5 Å². The van der Waals surface area contributed by atoms with Gasteiger partial charge in [0.05, 0.1) is 0 Å². The first kappa shape index (κ1) is 9.51. The van der Waals surface area contributed by atoms with Crippen LogP contribution in [0.5, 0.6) is 5.75 Å². The molecule has 1 aromatic rings. The van der Waals surface area contributed by atoms with E-state index in [4.69, 9.17) is 5.11 Å². The van der Waals surface area contributed by atoms with E-state index in [-0.39, 0.29) is 18.2 Å². The average molecular weight is 181 g/mol. The molecule has 1 rings (SSSR count). The van der Waals surface area contributed by atoms with Crippen LogP contribution in [0.15, 0.2) is 24.5 Å². The lowest BCUT2D eigenvalue weighted by Gasteiger charge is -2.06. The topological polar surface area (TPSA) is 44.4 Å². The van der Waals surface area contributed by atoms with Crippen molar-refractivity contribution in [1.82, 2.24) is 4.90 Å². The zero-order valence-corrected chi connectivity index (χ0v) is 7.77. The van der Waals surface area contributed by atoms with E-state index in [0.717, 1.165) is 0 Å². The monoisotopic (exact) mass is 181 g/mol. The van der Waals surface area contributed by atoms with Crippen LogP contribution in [0.4, 0.5) is 0 Å². The van der Waals surface area contributed by atoms with Gasteiger partial charge in [-0.1, -0.05) is 0 Å². The van der Waals surface area contributed by atoms with Crippen LogP contribution in [0.2, 0.25) is 0 Å². The molecule has 0 saturated carbocycles. The Labute approximate surface area is 77.0 Å². The first-order valence-corrected chi connectivity index (χ1v) is 3.98. The molecule has 0 aromatic carbocycles. The molecule has 0 radical (unpaired) electrons. The van der Waals surface area contributed by atoms with Crippen LogP contribution in [0.1, 0.15) is 0 Å². The lowest BCUT2D eigenvalue weighted by Crippen LogP contribution is -2.41. The van der Waals surface area contributed by atoms with Crippen LogP contribution < -0.4 is 4.57 Å². The van der Waals surface area contributed by atoms with Crippen LogP contribution in [0.3, 0.4) is 0 Å². The van der Waals surface area contributed by atoms with Crippen molar-refractivity contribution in [3.63, 3.8) is 0 Å². The molecule has 1 heterocycles. The SMILES string of the molecule is CN(C)C(=O)C[n+]1cccc(O)c1. The largest absolute Gasteiger partial charge is 0.503 e. The predicted octanol–water partition coefficient (Wildman–Crippen LogP) is -0.232. The van der Waals surface area contributed by atoms with Crippen LogP contribution >= 0.6 is 0 Å². The summed E-state index contributed by atoms with van der Waals surface area (Å²) in [5.74, 6) is 0.157. The molecule has 1 amide bonds. The Bertz CT molecular complexity index is 310. The molecule has 4 heteroatoms. The number of carbonyl (C=O) groups is 1. The summed E-state index contributed by atoms with van der Waals surface area (Å²) >= 11 is 0. The minimum absolute atomic E-state index is 0.00407. The third-order valence-electron chi connectivity index (χ3n) is 1.66. The fourth-order valence-corrected chi connectivity index (χ4v) is 0.904. The smallest absolute Gasteiger partial charge is 0.288 e.